The van der Waals surface area contributed by atoms with Crippen LogP contribution in [0.1, 0.15) is 23.0 Å². The first-order chi connectivity index (χ1) is 9.22. The van der Waals surface area contributed by atoms with E-state index in [1.54, 1.807) is 13.0 Å². The van der Waals surface area contributed by atoms with E-state index < -0.39 is 0 Å². The average Bonchev–Trinajstić information content (AvgIpc) is 3.01. The molecule has 0 spiro atoms. The predicted molar refractivity (Wildman–Crippen MR) is 71.4 cm³/mol. The van der Waals surface area contributed by atoms with Gasteiger partial charge in [0.05, 0.1) is 6.61 Å². The zero-order valence-electron chi connectivity index (χ0n) is 10.7. The lowest BCUT2D eigenvalue weighted by Gasteiger charge is -2.06. The average molecular weight is 260 g/mol. The number of hydrogen-bond donors (Lipinski definition) is 2. The summed E-state index contributed by atoms with van der Waals surface area (Å²) in [4.78, 5) is 14.8. The number of hydrogen-bond acceptors (Lipinski definition) is 4. The fraction of sp³-hybridized carbons (Fsp3) is 0.357. The van der Waals surface area contributed by atoms with Gasteiger partial charge in [-0.25, -0.2) is 4.79 Å². The van der Waals surface area contributed by atoms with Crippen LogP contribution in [0.15, 0.2) is 18.2 Å². The molecule has 0 saturated carbocycles. The lowest BCUT2D eigenvalue weighted by atomic mass is 10.1. The fourth-order valence-corrected chi connectivity index (χ4v) is 2.43. The Morgan fingerprint density at radius 2 is 2.42 bits per heavy atom. The molecule has 1 aromatic heterocycles. The molecule has 0 radical (unpaired) electrons. The third kappa shape index (κ3) is 1.96. The quantitative estimate of drug-likeness (QED) is 0.822. The molecule has 100 valence electrons. The number of H-pyrrole nitrogens is 1. The molecule has 5 nitrogen and oxygen atoms in total. The van der Waals surface area contributed by atoms with E-state index in [0.29, 0.717) is 18.8 Å². The summed E-state index contributed by atoms with van der Waals surface area (Å²) in [7, 11) is 0. The highest BCUT2D eigenvalue weighted by Crippen LogP contribution is 2.36. The Morgan fingerprint density at radius 3 is 3.16 bits per heavy atom. The summed E-state index contributed by atoms with van der Waals surface area (Å²) in [6.07, 6.45) is 0.850. The van der Waals surface area contributed by atoms with E-state index in [4.69, 9.17) is 15.2 Å². The van der Waals surface area contributed by atoms with Gasteiger partial charge in [0.25, 0.3) is 0 Å². The molecule has 1 aliphatic heterocycles. The lowest BCUT2D eigenvalue weighted by molar-refractivity contribution is 0.0520. The molecular weight excluding hydrogens is 244 g/mol. The van der Waals surface area contributed by atoms with Gasteiger partial charge >= 0.3 is 5.97 Å². The van der Waals surface area contributed by atoms with Crippen LogP contribution in [0.4, 0.5) is 0 Å². The van der Waals surface area contributed by atoms with Crippen molar-refractivity contribution in [2.75, 3.05) is 13.2 Å². The monoisotopic (exact) mass is 260 g/mol. The zero-order valence-corrected chi connectivity index (χ0v) is 10.7. The minimum atomic E-state index is -0.346. The largest absolute Gasteiger partial charge is 0.488 e. The molecule has 0 fully saturated rings. The fourth-order valence-electron chi connectivity index (χ4n) is 2.43. The maximum absolute atomic E-state index is 11.7. The topological polar surface area (TPSA) is 77.3 Å². The second kappa shape index (κ2) is 4.59. The molecule has 0 amide bonds. The van der Waals surface area contributed by atoms with Crippen molar-refractivity contribution < 1.29 is 14.3 Å². The first-order valence-electron chi connectivity index (χ1n) is 6.41. The molecule has 2 heterocycles. The van der Waals surface area contributed by atoms with Crippen LogP contribution in [0.2, 0.25) is 0 Å². The number of fused-ring (bicyclic) bond motifs is 3. The molecule has 1 unspecified atom stereocenters. The molecule has 1 atom stereocenters. The highest BCUT2D eigenvalue weighted by molar-refractivity contribution is 5.97. The van der Waals surface area contributed by atoms with Crippen molar-refractivity contribution in [1.82, 2.24) is 4.98 Å². The molecule has 3 rings (SSSR count). The van der Waals surface area contributed by atoms with Crippen molar-refractivity contribution in [3.63, 3.8) is 0 Å². The van der Waals surface area contributed by atoms with Crippen LogP contribution >= 0.6 is 0 Å². The molecule has 19 heavy (non-hydrogen) atoms. The second-order valence-corrected chi connectivity index (χ2v) is 4.60. The Labute approximate surface area is 110 Å². The number of benzene rings is 1. The first kappa shape index (κ1) is 12.0. The van der Waals surface area contributed by atoms with Crippen LogP contribution in [-0.4, -0.2) is 30.2 Å². The highest BCUT2D eigenvalue weighted by atomic mass is 16.5. The van der Waals surface area contributed by atoms with Gasteiger partial charge in [0.15, 0.2) is 0 Å². The predicted octanol–water partition coefficient (Wildman–Crippen LogP) is 1.61. The molecule has 1 aliphatic rings. The molecular formula is C14H16N2O3. The van der Waals surface area contributed by atoms with E-state index >= 15 is 0 Å². The first-order valence-corrected chi connectivity index (χ1v) is 6.41. The third-order valence-corrected chi connectivity index (χ3v) is 3.33. The van der Waals surface area contributed by atoms with Gasteiger partial charge in [-0.1, -0.05) is 6.07 Å². The standard InChI is InChI=1S/C14H16N2O3/c1-2-18-14(17)12-6-10-11(16-12)4-3-8-5-9(7-15)19-13(8)10/h3-4,6,9,16H,2,5,7,15H2,1H3. The highest BCUT2D eigenvalue weighted by Gasteiger charge is 2.25. The van der Waals surface area contributed by atoms with Gasteiger partial charge in [-0.05, 0) is 24.6 Å². The molecule has 0 bridgehead atoms. The summed E-state index contributed by atoms with van der Waals surface area (Å²) >= 11 is 0. The van der Waals surface area contributed by atoms with Crippen molar-refractivity contribution >= 4 is 16.9 Å². The van der Waals surface area contributed by atoms with Crippen molar-refractivity contribution in [2.24, 2.45) is 5.73 Å². The van der Waals surface area contributed by atoms with E-state index in [1.807, 2.05) is 12.1 Å². The van der Waals surface area contributed by atoms with Crippen LogP contribution < -0.4 is 10.5 Å². The van der Waals surface area contributed by atoms with E-state index in [2.05, 4.69) is 4.98 Å². The van der Waals surface area contributed by atoms with E-state index in [9.17, 15) is 4.79 Å². The number of aromatic nitrogens is 1. The number of aromatic amines is 1. The van der Waals surface area contributed by atoms with Crippen LogP contribution in [0, 0.1) is 0 Å². The minimum Gasteiger partial charge on any atom is -0.488 e. The smallest absolute Gasteiger partial charge is 0.354 e. The summed E-state index contributed by atoms with van der Waals surface area (Å²) in [5, 5.41) is 0.913. The summed E-state index contributed by atoms with van der Waals surface area (Å²) in [6, 6.07) is 5.75. The molecule has 0 saturated heterocycles. The number of ether oxygens (including phenoxy) is 2. The van der Waals surface area contributed by atoms with E-state index in [1.165, 1.54) is 0 Å². The van der Waals surface area contributed by atoms with E-state index in [-0.39, 0.29) is 12.1 Å². The van der Waals surface area contributed by atoms with Crippen LogP contribution in [0.3, 0.4) is 0 Å². The molecule has 0 aliphatic carbocycles. The SMILES string of the molecule is CCOC(=O)c1cc2c3c(ccc2[nH]1)CC(CN)O3. The van der Waals surface area contributed by atoms with Crippen LogP contribution in [0.5, 0.6) is 5.75 Å². The van der Waals surface area contributed by atoms with Crippen LogP contribution in [0.25, 0.3) is 10.9 Å². The number of esters is 1. The normalized spacial score (nSPS) is 17.3. The van der Waals surface area contributed by atoms with Gasteiger partial charge in [0, 0.05) is 23.9 Å². The summed E-state index contributed by atoms with van der Waals surface area (Å²) < 4.78 is 10.8. The van der Waals surface area contributed by atoms with Crippen LogP contribution in [-0.2, 0) is 11.2 Å². The van der Waals surface area contributed by atoms with Crippen molar-refractivity contribution in [3.05, 3.63) is 29.5 Å². The van der Waals surface area contributed by atoms with Gasteiger partial charge in [-0.2, -0.15) is 0 Å². The van der Waals surface area contributed by atoms with Gasteiger partial charge < -0.3 is 20.2 Å². The maximum Gasteiger partial charge on any atom is 0.354 e. The van der Waals surface area contributed by atoms with Crippen molar-refractivity contribution in [3.8, 4) is 5.75 Å². The molecule has 5 heteroatoms. The number of nitrogens with one attached hydrogen (secondary N) is 1. The Morgan fingerprint density at radius 1 is 1.58 bits per heavy atom. The lowest BCUT2D eigenvalue weighted by Crippen LogP contribution is -2.24. The molecule has 1 aromatic carbocycles. The summed E-state index contributed by atoms with van der Waals surface area (Å²) in [6.45, 7) is 2.64. The number of carbonyl (C=O) groups excluding carboxylic acids is 1. The van der Waals surface area contributed by atoms with Gasteiger partial charge in [0.2, 0.25) is 0 Å². The van der Waals surface area contributed by atoms with Gasteiger partial charge in [0.1, 0.15) is 17.5 Å². The van der Waals surface area contributed by atoms with Crippen molar-refractivity contribution in [1.29, 1.82) is 0 Å². The zero-order chi connectivity index (χ0) is 13.4. The van der Waals surface area contributed by atoms with Gasteiger partial charge in [-0.3, -0.25) is 0 Å². The number of nitrogens with two attached hydrogens (primary N) is 1. The minimum absolute atomic E-state index is 0.0292. The third-order valence-electron chi connectivity index (χ3n) is 3.33. The Kier molecular flexibility index (Phi) is 2.91. The Hall–Kier alpha value is -2.01. The van der Waals surface area contributed by atoms with Crippen molar-refractivity contribution in [2.45, 2.75) is 19.4 Å². The molecule has 2 aromatic rings. The Balaban J connectivity index is 2.03. The van der Waals surface area contributed by atoms with Gasteiger partial charge in [-0.15, -0.1) is 0 Å². The summed E-state index contributed by atoms with van der Waals surface area (Å²) in [5.74, 6) is 0.487. The number of carbonyl (C=O) groups is 1. The van der Waals surface area contributed by atoms with E-state index in [0.717, 1.165) is 28.6 Å². The Bertz CT molecular complexity index is 633. The number of rotatable bonds is 3. The molecule has 3 N–H and O–H groups in total. The second-order valence-electron chi connectivity index (χ2n) is 4.60. The maximum atomic E-state index is 11.7. The summed E-state index contributed by atoms with van der Waals surface area (Å²) in [5.41, 5.74) is 8.10.